The molecule has 1 aromatic rings. The molecule has 0 atom stereocenters. The minimum absolute atomic E-state index is 0.131. The number of thiocarbonyl (C=S) groups is 1. The highest BCUT2D eigenvalue weighted by atomic mass is 32.2. The monoisotopic (exact) mass is 266 g/mol. The predicted molar refractivity (Wildman–Crippen MR) is 75.4 cm³/mol. The van der Waals surface area contributed by atoms with Gasteiger partial charge >= 0.3 is 0 Å². The summed E-state index contributed by atoms with van der Waals surface area (Å²) in [7, 11) is 0. The molecule has 1 fully saturated rings. The molecule has 2 rings (SSSR count). The van der Waals surface area contributed by atoms with Crippen molar-refractivity contribution in [3.63, 3.8) is 0 Å². The Kier molecular flexibility index (Phi) is 4.39. The van der Waals surface area contributed by atoms with Crippen LogP contribution in [0.15, 0.2) is 30.3 Å². The van der Waals surface area contributed by atoms with E-state index in [0.717, 1.165) is 24.6 Å². The van der Waals surface area contributed by atoms with E-state index >= 15 is 0 Å². The molecule has 1 heterocycles. The Balaban J connectivity index is 1.92. The molecule has 1 aromatic carbocycles. The summed E-state index contributed by atoms with van der Waals surface area (Å²) in [6.07, 6.45) is 0. The van der Waals surface area contributed by atoms with Gasteiger partial charge in [-0.05, 0) is 24.4 Å². The predicted octanol–water partition coefficient (Wildman–Crippen LogP) is 1.75. The normalized spacial score (nSPS) is 15.4. The van der Waals surface area contributed by atoms with Crippen LogP contribution in [0.1, 0.15) is 10.4 Å². The maximum Gasteiger partial charge on any atom is 0.257 e. The summed E-state index contributed by atoms with van der Waals surface area (Å²) in [5.41, 5.74) is 0.640. The lowest BCUT2D eigenvalue weighted by Gasteiger charge is -2.28. The Morgan fingerprint density at radius 2 is 1.88 bits per heavy atom. The van der Waals surface area contributed by atoms with E-state index in [1.54, 1.807) is 12.1 Å². The molecule has 3 nitrogen and oxygen atoms in total. The first kappa shape index (κ1) is 12.4. The van der Waals surface area contributed by atoms with Gasteiger partial charge in [0.1, 0.15) is 0 Å². The summed E-state index contributed by atoms with van der Waals surface area (Å²) in [6, 6.07) is 9.13. The molecule has 1 aliphatic heterocycles. The van der Waals surface area contributed by atoms with E-state index in [1.165, 1.54) is 0 Å². The first-order chi connectivity index (χ1) is 8.27. The van der Waals surface area contributed by atoms with E-state index < -0.39 is 0 Å². The highest BCUT2D eigenvalue weighted by Gasteiger charge is 2.15. The van der Waals surface area contributed by atoms with E-state index in [1.807, 2.05) is 34.9 Å². The van der Waals surface area contributed by atoms with Gasteiger partial charge in [-0.2, -0.15) is 11.8 Å². The van der Waals surface area contributed by atoms with Crippen molar-refractivity contribution in [2.24, 2.45) is 0 Å². The fraction of sp³-hybridized carbons (Fsp3) is 0.333. The molecule has 0 unspecified atom stereocenters. The maximum absolute atomic E-state index is 11.9. The van der Waals surface area contributed by atoms with Crippen LogP contribution in [0.25, 0.3) is 0 Å². The largest absolute Gasteiger partial charge is 0.347 e. The first-order valence-corrected chi connectivity index (χ1v) is 7.07. The lowest BCUT2D eigenvalue weighted by atomic mass is 10.2. The van der Waals surface area contributed by atoms with Gasteiger partial charge in [-0.1, -0.05) is 18.2 Å². The smallest absolute Gasteiger partial charge is 0.257 e. The summed E-state index contributed by atoms with van der Waals surface area (Å²) in [4.78, 5) is 13.9. The average molecular weight is 266 g/mol. The van der Waals surface area contributed by atoms with Crippen molar-refractivity contribution in [3.8, 4) is 0 Å². The second kappa shape index (κ2) is 6.02. The van der Waals surface area contributed by atoms with Gasteiger partial charge in [0.05, 0.1) is 0 Å². The van der Waals surface area contributed by atoms with Crippen LogP contribution in [-0.4, -0.2) is 40.5 Å². The number of thioether (sulfide) groups is 1. The number of hydrogen-bond acceptors (Lipinski definition) is 3. The zero-order valence-corrected chi connectivity index (χ0v) is 11.0. The molecule has 5 heteroatoms. The van der Waals surface area contributed by atoms with Crippen LogP contribution in [-0.2, 0) is 0 Å². The molecule has 0 spiro atoms. The van der Waals surface area contributed by atoms with Gasteiger partial charge in [0.25, 0.3) is 5.91 Å². The summed E-state index contributed by atoms with van der Waals surface area (Å²) < 4.78 is 0. The van der Waals surface area contributed by atoms with Crippen LogP contribution in [0.3, 0.4) is 0 Å². The van der Waals surface area contributed by atoms with Crippen LogP contribution >= 0.6 is 24.0 Å². The van der Waals surface area contributed by atoms with Crippen LogP contribution in [0.2, 0.25) is 0 Å². The molecular formula is C12H14N2OS2. The van der Waals surface area contributed by atoms with Crippen LogP contribution in [0.5, 0.6) is 0 Å². The van der Waals surface area contributed by atoms with Crippen molar-refractivity contribution in [2.45, 2.75) is 0 Å². The SMILES string of the molecule is O=C(NC(=S)N1CCSCC1)c1ccccc1. The van der Waals surface area contributed by atoms with Crippen molar-refractivity contribution in [3.05, 3.63) is 35.9 Å². The number of carbonyl (C=O) groups is 1. The Morgan fingerprint density at radius 3 is 2.53 bits per heavy atom. The number of amides is 1. The standard InChI is InChI=1S/C12H14N2OS2/c15-11(10-4-2-1-3-5-10)13-12(16)14-6-8-17-9-7-14/h1-5H,6-9H2,(H,13,15,16). The van der Waals surface area contributed by atoms with Crippen molar-refractivity contribution >= 4 is 35.0 Å². The van der Waals surface area contributed by atoms with Crippen molar-refractivity contribution in [2.75, 3.05) is 24.6 Å². The van der Waals surface area contributed by atoms with Gasteiger partial charge in [0.2, 0.25) is 0 Å². The number of nitrogens with zero attached hydrogens (tertiary/aromatic N) is 1. The summed E-state index contributed by atoms with van der Waals surface area (Å²) in [6.45, 7) is 1.83. The maximum atomic E-state index is 11.9. The van der Waals surface area contributed by atoms with Gasteiger partial charge in [-0.15, -0.1) is 0 Å². The first-order valence-electron chi connectivity index (χ1n) is 5.50. The van der Waals surface area contributed by atoms with Crippen molar-refractivity contribution in [1.29, 1.82) is 0 Å². The molecule has 1 aliphatic rings. The van der Waals surface area contributed by atoms with Gasteiger partial charge in [-0.25, -0.2) is 0 Å². The van der Waals surface area contributed by atoms with E-state index in [-0.39, 0.29) is 5.91 Å². The second-order valence-electron chi connectivity index (χ2n) is 3.72. The van der Waals surface area contributed by atoms with Gasteiger partial charge in [-0.3, -0.25) is 10.1 Å². The van der Waals surface area contributed by atoms with Gasteiger partial charge in [0, 0.05) is 30.2 Å². The third-order valence-corrected chi connectivity index (χ3v) is 3.86. The number of carbonyl (C=O) groups excluding carboxylic acids is 1. The molecule has 0 radical (unpaired) electrons. The Hall–Kier alpha value is -1.07. The number of benzene rings is 1. The minimum atomic E-state index is -0.131. The van der Waals surface area contributed by atoms with Crippen molar-refractivity contribution < 1.29 is 4.79 Å². The Labute approximate surface area is 111 Å². The average Bonchev–Trinajstić information content (AvgIpc) is 2.40. The third-order valence-electron chi connectivity index (χ3n) is 2.55. The minimum Gasteiger partial charge on any atom is -0.347 e. The molecule has 1 amide bonds. The molecule has 0 aromatic heterocycles. The van der Waals surface area contributed by atoms with E-state index in [2.05, 4.69) is 5.32 Å². The van der Waals surface area contributed by atoms with Gasteiger partial charge < -0.3 is 4.90 Å². The zero-order valence-electron chi connectivity index (χ0n) is 9.39. The van der Waals surface area contributed by atoms with Crippen LogP contribution in [0, 0.1) is 0 Å². The third kappa shape index (κ3) is 3.44. The number of nitrogens with one attached hydrogen (secondary N) is 1. The molecule has 1 N–H and O–H groups in total. The quantitative estimate of drug-likeness (QED) is 0.785. The Bertz CT molecular complexity index is 402. The van der Waals surface area contributed by atoms with Gasteiger partial charge in [0.15, 0.2) is 5.11 Å². The van der Waals surface area contributed by atoms with E-state index in [9.17, 15) is 4.79 Å². The topological polar surface area (TPSA) is 32.3 Å². The molecule has 17 heavy (non-hydrogen) atoms. The summed E-state index contributed by atoms with van der Waals surface area (Å²) in [5, 5.41) is 3.32. The van der Waals surface area contributed by atoms with Crippen molar-refractivity contribution in [1.82, 2.24) is 10.2 Å². The highest BCUT2D eigenvalue weighted by Crippen LogP contribution is 2.09. The van der Waals surface area contributed by atoms with E-state index in [0.29, 0.717) is 10.7 Å². The Morgan fingerprint density at radius 1 is 1.24 bits per heavy atom. The second-order valence-corrected chi connectivity index (χ2v) is 5.34. The zero-order chi connectivity index (χ0) is 12.1. The molecule has 0 saturated carbocycles. The fourth-order valence-electron chi connectivity index (χ4n) is 1.60. The van der Waals surface area contributed by atoms with E-state index in [4.69, 9.17) is 12.2 Å². The summed E-state index contributed by atoms with van der Waals surface area (Å²) in [5.74, 6) is 2.01. The lowest BCUT2D eigenvalue weighted by Crippen LogP contribution is -2.46. The molecule has 0 aliphatic carbocycles. The number of rotatable bonds is 1. The lowest BCUT2D eigenvalue weighted by molar-refractivity contribution is 0.0973. The molecular weight excluding hydrogens is 252 g/mol. The highest BCUT2D eigenvalue weighted by molar-refractivity contribution is 7.99. The van der Waals surface area contributed by atoms with Crippen LogP contribution in [0.4, 0.5) is 0 Å². The molecule has 90 valence electrons. The molecule has 1 saturated heterocycles. The fourth-order valence-corrected chi connectivity index (χ4v) is 2.78. The summed E-state index contributed by atoms with van der Waals surface area (Å²) >= 11 is 7.15. The number of hydrogen-bond donors (Lipinski definition) is 1. The molecule has 0 bridgehead atoms. The van der Waals surface area contributed by atoms with Crippen LogP contribution < -0.4 is 5.32 Å².